The van der Waals surface area contributed by atoms with Gasteiger partial charge in [-0.15, -0.1) is 0 Å². The number of ether oxygens (including phenoxy) is 1. The minimum absolute atomic E-state index is 0.0244. The molecule has 1 aliphatic rings. The second-order valence-electron chi connectivity index (χ2n) is 6.99. The highest BCUT2D eigenvalue weighted by Gasteiger charge is 2.42. The number of amides is 1. The third-order valence-corrected chi connectivity index (χ3v) is 6.69. The zero-order chi connectivity index (χ0) is 22.4. The summed E-state index contributed by atoms with van der Waals surface area (Å²) in [7, 11) is -4.16. The summed E-state index contributed by atoms with van der Waals surface area (Å²) in [4.78, 5) is 51.7. The standard InChI is InChI=1S/C20H20N2O7S/c1-10-17(12(3)23)11(2)21-18(10)19(25)13(4)29-16(24)9-22-20(26)14-7-5-6-8-15(14)30(22,27)28/h5-8,13,21H,9H2,1-4H3. The van der Waals surface area contributed by atoms with E-state index in [1.54, 1.807) is 13.8 Å². The van der Waals surface area contributed by atoms with E-state index < -0.39 is 40.3 Å². The van der Waals surface area contributed by atoms with Gasteiger partial charge in [0.05, 0.1) is 11.3 Å². The van der Waals surface area contributed by atoms with E-state index in [4.69, 9.17) is 4.74 Å². The van der Waals surface area contributed by atoms with Crippen LogP contribution in [0.3, 0.4) is 0 Å². The van der Waals surface area contributed by atoms with Crippen molar-refractivity contribution < 1.29 is 32.3 Å². The number of nitrogens with one attached hydrogen (secondary N) is 1. The smallest absolute Gasteiger partial charge is 0.327 e. The summed E-state index contributed by atoms with van der Waals surface area (Å²) in [5.41, 5.74) is 1.47. The normalized spacial score (nSPS) is 15.6. The molecular weight excluding hydrogens is 412 g/mol. The molecule has 1 amide bonds. The number of Topliss-reactive ketones (excluding diaryl/α,β-unsaturated/α-hetero) is 2. The summed E-state index contributed by atoms with van der Waals surface area (Å²) >= 11 is 0. The van der Waals surface area contributed by atoms with E-state index in [9.17, 15) is 27.6 Å². The lowest BCUT2D eigenvalue weighted by atomic mass is 10.0. The molecule has 3 rings (SSSR count). The summed E-state index contributed by atoms with van der Waals surface area (Å²) in [5, 5.41) is 0. The highest BCUT2D eigenvalue weighted by Crippen LogP contribution is 2.29. The molecule has 0 fully saturated rings. The quantitative estimate of drug-likeness (QED) is 0.544. The van der Waals surface area contributed by atoms with Crippen LogP contribution < -0.4 is 0 Å². The van der Waals surface area contributed by atoms with Crippen molar-refractivity contribution in [3.05, 3.63) is 52.3 Å². The molecule has 0 radical (unpaired) electrons. The number of nitrogens with zero attached hydrogens (tertiary/aromatic N) is 1. The van der Waals surface area contributed by atoms with E-state index in [1.165, 1.54) is 38.1 Å². The zero-order valence-electron chi connectivity index (χ0n) is 16.8. The number of rotatable bonds is 6. The fourth-order valence-electron chi connectivity index (χ4n) is 3.52. The van der Waals surface area contributed by atoms with Gasteiger partial charge in [0, 0.05) is 11.3 Å². The minimum Gasteiger partial charge on any atom is -0.453 e. The lowest BCUT2D eigenvalue weighted by Crippen LogP contribution is -2.38. The largest absolute Gasteiger partial charge is 0.453 e. The first-order chi connectivity index (χ1) is 14.0. The predicted molar refractivity (Wildman–Crippen MR) is 105 cm³/mol. The van der Waals surface area contributed by atoms with E-state index in [2.05, 4.69) is 4.98 Å². The minimum atomic E-state index is -4.16. The average molecular weight is 432 g/mol. The number of aryl methyl sites for hydroxylation is 1. The predicted octanol–water partition coefficient (Wildman–Crippen LogP) is 1.79. The number of ketones is 2. The number of fused-ring (bicyclic) bond motifs is 1. The van der Waals surface area contributed by atoms with Crippen molar-refractivity contribution in [2.24, 2.45) is 0 Å². The summed E-state index contributed by atoms with van der Waals surface area (Å²) in [6.45, 7) is 5.12. The van der Waals surface area contributed by atoms with E-state index in [-0.39, 0.29) is 21.9 Å². The number of carbonyl (C=O) groups excluding carboxylic acids is 4. The molecule has 1 aliphatic heterocycles. The average Bonchev–Trinajstić information content (AvgIpc) is 3.07. The number of hydrogen-bond donors (Lipinski definition) is 1. The Balaban J connectivity index is 1.75. The van der Waals surface area contributed by atoms with Crippen LogP contribution in [-0.4, -0.2) is 53.8 Å². The molecule has 158 valence electrons. The van der Waals surface area contributed by atoms with Crippen LogP contribution in [0.2, 0.25) is 0 Å². The first-order valence-electron chi connectivity index (χ1n) is 9.06. The first kappa shape index (κ1) is 21.4. The molecule has 0 bridgehead atoms. The maximum atomic E-state index is 12.7. The topological polar surface area (TPSA) is 131 Å². The van der Waals surface area contributed by atoms with Crippen molar-refractivity contribution in [1.82, 2.24) is 9.29 Å². The number of aromatic amines is 1. The third kappa shape index (κ3) is 3.43. The van der Waals surface area contributed by atoms with Gasteiger partial charge in [0.25, 0.3) is 15.9 Å². The SMILES string of the molecule is CC(=O)c1c(C)[nH]c(C(=O)C(C)OC(=O)CN2C(=O)c3ccccc3S2(=O)=O)c1C. The molecule has 2 heterocycles. The van der Waals surface area contributed by atoms with Gasteiger partial charge in [0.1, 0.15) is 11.4 Å². The molecule has 1 unspecified atom stereocenters. The summed E-state index contributed by atoms with van der Waals surface area (Å²) in [6.07, 6.45) is -1.25. The van der Waals surface area contributed by atoms with E-state index in [0.29, 0.717) is 21.1 Å². The molecular formula is C20H20N2O7S. The summed E-state index contributed by atoms with van der Waals surface area (Å²) < 4.78 is 30.5. The van der Waals surface area contributed by atoms with Crippen LogP contribution in [0.4, 0.5) is 0 Å². The molecule has 1 atom stereocenters. The van der Waals surface area contributed by atoms with Crippen LogP contribution in [0.5, 0.6) is 0 Å². The van der Waals surface area contributed by atoms with Crippen LogP contribution >= 0.6 is 0 Å². The molecule has 10 heteroatoms. The Morgan fingerprint density at radius 2 is 1.80 bits per heavy atom. The van der Waals surface area contributed by atoms with Gasteiger partial charge in [-0.1, -0.05) is 12.1 Å². The molecule has 1 aromatic carbocycles. The molecule has 0 saturated carbocycles. The van der Waals surface area contributed by atoms with Gasteiger partial charge in [-0.3, -0.25) is 19.2 Å². The lowest BCUT2D eigenvalue weighted by molar-refractivity contribution is -0.146. The second kappa shape index (κ2) is 7.52. The van der Waals surface area contributed by atoms with Gasteiger partial charge >= 0.3 is 5.97 Å². The molecule has 2 aromatic rings. The Morgan fingerprint density at radius 3 is 2.37 bits per heavy atom. The van der Waals surface area contributed by atoms with E-state index >= 15 is 0 Å². The van der Waals surface area contributed by atoms with E-state index in [0.717, 1.165) is 0 Å². The van der Waals surface area contributed by atoms with Crippen molar-refractivity contribution >= 4 is 33.5 Å². The zero-order valence-corrected chi connectivity index (χ0v) is 17.6. The van der Waals surface area contributed by atoms with Crippen molar-refractivity contribution in [3.63, 3.8) is 0 Å². The Kier molecular flexibility index (Phi) is 5.38. The number of esters is 1. The molecule has 1 N–H and O–H groups in total. The van der Waals surface area contributed by atoms with Gasteiger partial charge in [-0.2, -0.15) is 0 Å². The molecule has 0 spiro atoms. The maximum absolute atomic E-state index is 12.7. The highest BCUT2D eigenvalue weighted by molar-refractivity contribution is 7.90. The Morgan fingerprint density at radius 1 is 1.17 bits per heavy atom. The number of H-pyrrole nitrogens is 1. The van der Waals surface area contributed by atoms with Crippen LogP contribution in [0.25, 0.3) is 0 Å². The molecule has 30 heavy (non-hydrogen) atoms. The van der Waals surface area contributed by atoms with E-state index in [1.807, 2.05) is 0 Å². The van der Waals surface area contributed by atoms with Crippen LogP contribution in [-0.2, 0) is 19.6 Å². The second-order valence-corrected chi connectivity index (χ2v) is 8.82. The molecule has 1 aromatic heterocycles. The molecule has 9 nitrogen and oxygen atoms in total. The third-order valence-electron chi connectivity index (χ3n) is 4.90. The number of benzene rings is 1. The van der Waals surface area contributed by atoms with Gasteiger partial charge in [-0.25, -0.2) is 12.7 Å². The van der Waals surface area contributed by atoms with Crippen LogP contribution in [0, 0.1) is 13.8 Å². The van der Waals surface area contributed by atoms with Crippen molar-refractivity contribution in [2.45, 2.75) is 38.7 Å². The Bertz CT molecular complexity index is 1190. The van der Waals surface area contributed by atoms with Gasteiger partial charge < -0.3 is 9.72 Å². The Hall–Kier alpha value is -3.27. The highest BCUT2D eigenvalue weighted by atomic mass is 32.2. The van der Waals surface area contributed by atoms with Gasteiger partial charge in [0.15, 0.2) is 11.9 Å². The monoisotopic (exact) mass is 432 g/mol. The number of sulfonamides is 1. The molecule has 0 aliphatic carbocycles. The molecule has 0 saturated heterocycles. The van der Waals surface area contributed by atoms with Crippen molar-refractivity contribution in [3.8, 4) is 0 Å². The fourth-order valence-corrected chi connectivity index (χ4v) is 5.03. The van der Waals surface area contributed by atoms with Crippen LogP contribution in [0.15, 0.2) is 29.2 Å². The van der Waals surface area contributed by atoms with Crippen molar-refractivity contribution in [1.29, 1.82) is 0 Å². The number of aromatic nitrogens is 1. The maximum Gasteiger partial charge on any atom is 0.327 e. The van der Waals surface area contributed by atoms with Gasteiger partial charge in [0.2, 0.25) is 5.78 Å². The van der Waals surface area contributed by atoms with Gasteiger partial charge in [-0.05, 0) is 45.4 Å². The van der Waals surface area contributed by atoms with Crippen LogP contribution in [0.1, 0.15) is 56.3 Å². The number of hydrogen-bond acceptors (Lipinski definition) is 7. The summed E-state index contributed by atoms with van der Waals surface area (Å²) in [6, 6.07) is 5.63. The lowest BCUT2D eigenvalue weighted by Gasteiger charge is -2.17. The number of carbonyl (C=O) groups is 4. The Labute approximate surface area is 173 Å². The fraction of sp³-hybridized carbons (Fsp3) is 0.300. The van der Waals surface area contributed by atoms with Crippen molar-refractivity contribution in [2.75, 3.05) is 6.54 Å². The summed E-state index contributed by atoms with van der Waals surface area (Å²) in [5.74, 6) is -2.66. The first-order valence-corrected chi connectivity index (χ1v) is 10.5.